The minimum atomic E-state index is 0.201. The van der Waals surface area contributed by atoms with Crippen LogP contribution in [0.3, 0.4) is 0 Å². The summed E-state index contributed by atoms with van der Waals surface area (Å²) in [6.07, 6.45) is 3.33. The summed E-state index contributed by atoms with van der Waals surface area (Å²) in [6.45, 7) is 0.201. The average molecular weight is 211 g/mol. The summed E-state index contributed by atoms with van der Waals surface area (Å²) < 4.78 is 0. The predicted octanol–water partition coefficient (Wildman–Crippen LogP) is 0.662. The van der Waals surface area contributed by atoms with Gasteiger partial charge in [-0.3, -0.25) is 0 Å². The van der Waals surface area contributed by atoms with Crippen LogP contribution < -0.4 is 11.1 Å². The van der Waals surface area contributed by atoms with Crippen molar-refractivity contribution in [3.05, 3.63) is 23.9 Å². The lowest BCUT2D eigenvalue weighted by molar-refractivity contribution is 0.288. The molecule has 0 radical (unpaired) electrons. The second-order valence-electron chi connectivity index (χ2n) is 2.87. The molecular formula is C9H13N3OS. The number of nitrogens with two attached hydrogens (primary N) is 1. The van der Waals surface area contributed by atoms with E-state index in [0.717, 1.165) is 18.4 Å². The Morgan fingerprint density at radius 3 is 2.86 bits per heavy atom. The number of aryl methyl sites for hydroxylation is 1. The van der Waals surface area contributed by atoms with Crippen molar-refractivity contribution >= 4 is 23.1 Å². The summed E-state index contributed by atoms with van der Waals surface area (Å²) in [4.78, 5) is 4.11. The molecule has 76 valence electrons. The Hall–Kier alpha value is -1.20. The van der Waals surface area contributed by atoms with E-state index >= 15 is 0 Å². The maximum atomic E-state index is 8.63. The molecule has 0 saturated carbocycles. The fourth-order valence-electron chi connectivity index (χ4n) is 1.06. The molecule has 1 aromatic rings. The van der Waals surface area contributed by atoms with Gasteiger partial charge in [0.1, 0.15) is 5.82 Å². The Morgan fingerprint density at radius 2 is 2.36 bits per heavy atom. The predicted molar refractivity (Wildman–Crippen MR) is 60.1 cm³/mol. The lowest BCUT2D eigenvalue weighted by Gasteiger charge is -2.03. The van der Waals surface area contributed by atoms with E-state index in [0.29, 0.717) is 5.82 Å². The van der Waals surface area contributed by atoms with E-state index in [1.165, 1.54) is 0 Å². The molecule has 0 fully saturated rings. The molecule has 0 aromatic carbocycles. The van der Waals surface area contributed by atoms with Crippen LogP contribution in [0.25, 0.3) is 0 Å². The lowest BCUT2D eigenvalue weighted by atomic mass is 10.2. The van der Waals surface area contributed by atoms with Gasteiger partial charge in [-0.1, -0.05) is 6.07 Å². The SMILES string of the molecule is NC(=S)Nc1ccc(CCCO)cn1. The number of hydrogen-bond donors (Lipinski definition) is 3. The quantitative estimate of drug-likeness (QED) is 0.638. The second kappa shape index (κ2) is 5.51. The third-order valence-electron chi connectivity index (χ3n) is 1.70. The van der Waals surface area contributed by atoms with Gasteiger partial charge in [0.15, 0.2) is 5.11 Å². The number of aliphatic hydroxyl groups excluding tert-OH is 1. The Balaban J connectivity index is 2.54. The first-order chi connectivity index (χ1) is 6.72. The minimum absolute atomic E-state index is 0.201. The first-order valence-corrected chi connectivity index (χ1v) is 4.75. The van der Waals surface area contributed by atoms with Crippen molar-refractivity contribution < 1.29 is 5.11 Å². The van der Waals surface area contributed by atoms with E-state index in [1.54, 1.807) is 6.20 Å². The number of nitrogens with one attached hydrogen (secondary N) is 1. The molecule has 1 aromatic heterocycles. The van der Waals surface area contributed by atoms with E-state index < -0.39 is 0 Å². The highest BCUT2D eigenvalue weighted by Gasteiger charge is 1.96. The summed E-state index contributed by atoms with van der Waals surface area (Å²) in [6, 6.07) is 3.75. The van der Waals surface area contributed by atoms with E-state index in [9.17, 15) is 0 Å². The molecule has 0 aliphatic rings. The average Bonchev–Trinajstić information content (AvgIpc) is 2.16. The van der Waals surface area contributed by atoms with Crippen LogP contribution in [-0.2, 0) is 6.42 Å². The van der Waals surface area contributed by atoms with Gasteiger partial charge in [0.05, 0.1) is 0 Å². The molecule has 4 N–H and O–H groups in total. The van der Waals surface area contributed by atoms with Gasteiger partial charge in [-0.2, -0.15) is 0 Å². The zero-order valence-electron chi connectivity index (χ0n) is 7.73. The van der Waals surface area contributed by atoms with Crippen molar-refractivity contribution in [2.45, 2.75) is 12.8 Å². The van der Waals surface area contributed by atoms with Gasteiger partial charge in [-0.05, 0) is 36.7 Å². The number of rotatable bonds is 4. The van der Waals surface area contributed by atoms with Crippen LogP contribution in [0, 0.1) is 0 Å². The zero-order valence-corrected chi connectivity index (χ0v) is 8.55. The van der Waals surface area contributed by atoms with E-state index in [4.69, 9.17) is 10.8 Å². The molecule has 4 nitrogen and oxygen atoms in total. The molecule has 1 heterocycles. The molecule has 0 aliphatic heterocycles. The largest absolute Gasteiger partial charge is 0.396 e. The summed E-state index contributed by atoms with van der Waals surface area (Å²) in [5.74, 6) is 0.644. The number of anilines is 1. The molecule has 0 aliphatic carbocycles. The van der Waals surface area contributed by atoms with Crippen molar-refractivity contribution in [2.75, 3.05) is 11.9 Å². The Kier molecular flexibility index (Phi) is 4.28. The normalized spacial score (nSPS) is 9.79. The summed E-state index contributed by atoms with van der Waals surface area (Å²) >= 11 is 4.67. The van der Waals surface area contributed by atoms with Crippen LogP contribution in [0.15, 0.2) is 18.3 Å². The Morgan fingerprint density at radius 1 is 1.57 bits per heavy atom. The Labute approximate surface area is 88.2 Å². The number of aromatic nitrogens is 1. The van der Waals surface area contributed by atoms with Crippen LogP contribution in [0.1, 0.15) is 12.0 Å². The van der Waals surface area contributed by atoms with Crippen LogP contribution in [-0.4, -0.2) is 21.8 Å². The fraction of sp³-hybridized carbons (Fsp3) is 0.333. The topological polar surface area (TPSA) is 71.2 Å². The van der Waals surface area contributed by atoms with Crippen molar-refractivity contribution in [3.63, 3.8) is 0 Å². The van der Waals surface area contributed by atoms with Crippen LogP contribution in [0.2, 0.25) is 0 Å². The van der Waals surface area contributed by atoms with Crippen molar-refractivity contribution in [3.8, 4) is 0 Å². The summed E-state index contributed by atoms with van der Waals surface area (Å²) in [7, 11) is 0. The maximum absolute atomic E-state index is 8.63. The Bertz CT molecular complexity index is 299. The molecule has 14 heavy (non-hydrogen) atoms. The third kappa shape index (κ3) is 3.68. The van der Waals surface area contributed by atoms with E-state index in [-0.39, 0.29) is 11.7 Å². The maximum Gasteiger partial charge on any atom is 0.169 e. The van der Waals surface area contributed by atoms with Gasteiger partial charge in [-0.25, -0.2) is 4.98 Å². The molecule has 0 spiro atoms. The van der Waals surface area contributed by atoms with Gasteiger partial charge in [0.25, 0.3) is 0 Å². The number of pyridine rings is 1. The smallest absolute Gasteiger partial charge is 0.169 e. The standard InChI is InChI=1S/C9H13N3OS/c10-9(14)12-8-4-3-7(6-11-8)2-1-5-13/h3-4,6,13H,1-2,5H2,(H3,10,11,12,14). The van der Waals surface area contributed by atoms with Crippen molar-refractivity contribution in [1.29, 1.82) is 0 Å². The van der Waals surface area contributed by atoms with E-state index in [2.05, 4.69) is 22.5 Å². The first kappa shape index (κ1) is 10.9. The number of thiocarbonyl (C=S) groups is 1. The molecule has 0 saturated heterocycles. The fourth-order valence-corrected chi connectivity index (χ4v) is 1.16. The molecule has 5 heteroatoms. The molecule has 0 unspecified atom stereocenters. The molecular weight excluding hydrogens is 198 g/mol. The third-order valence-corrected chi connectivity index (χ3v) is 1.80. The highest BCUT2D eigenvalue weighted by atomic mass is 32.1. The number of aliphatic hydroxyl groups is 1. The number of hydrogen-bond acceptors (Lipinski definition) is 3. The highest BCUT2D eigenvalue weighted by molar-refractivity contribution is 7.80. The van der Waals surface area contributed by atoms with Crippen LogP contribution in [0.5, 0.6) is 0 Å². The van der Waals surface area contributed by atoms with Gasteiger partial charge in [-0.15, -0.1) is 0 Å². The number of nitrogens with zero attached hydrogens (tertiary/aromatic N) is 1. The van der Waals surface area contributed by atoms with Gasteiger partial charge >= 0.3 is 0 Å². The minimum Gasteiger partial charge on any atom is -0.396 e. The van der Waals surface area contributed by atoms with Crippen LogP contribution >= 0.6 is 12.2 Å². The lowest BCUT2D eigenvalue weighted by Crippen LogP contribution is -2.19. The zero-order chi connectivity index (χ0) is 10.4. The van der Waals surface area contributed by atoms with E-state index in [1.807, 2.05) is 12.1 Å². The van der Waals surface area contributed by atoms with Gasteiger partial charge < -0.3 is 16.2 Å². The van der Waals surface area contributed by atoms with Crippen molar-refractivity contribution in [2.24, 2.45) is 5.73 Å². The molecule has 0 bridgehead atoms. The molecule has 0 amide bonds. The highest BCUT2D eigenvalue weighted by Crippen LogP contribution is 2.06. The monoisotopic (exact) mass is 211 g/mol. The van der Waals surface area contributed by atoms with Crippen molar-refractivity contribution in [1.82, 2.24) is 4.98 Å². The summed E-state index contributed by atoms with van der Waals surface area (Å²) in [5, 5.41) is 11.6. The second-order valence-corrected chi connectivity index (χ2v) is 3.31. The molecule has 0 atom stereocenters. The van der Waals surface area contributed by atoms with Gasteiger partial charge in [0.2, 0.25) is 0 Å². The first-order valence-electron chi connectivity index (χ1n) is 4.34. The summed E-state index contributed by atoms with van der Waals surface area (Å²) in [5.41, 5.74) is 6.38. The molecule has 1 rings (SSSR count). The van der Waals surface area contributed by atoms with Gasteiger partial charge in [0, 0.05) is 12.8 Å². The van der Waals surface area contributed by atoms with Crippen LogP contribution in [0.4, 0.5) is 5.82 Å².